The molecule has 1 nitrogen and oxygen atoms in total. The molecule has 1 rings (SSSR count). The maximum absolute atomic E-state index is 13.0. The Bertz CT molecular complexity index is 313. The van der Waals surface area contributed by atoms with E-state index in [1.807, 2.05) is 11.8 Å². The summed E-state index contributed by atoms with van der Waals surface area (Å²) in [6, 6.07) is 4.62. The zero-order valence-corrected chi connectivity index (χ0v) is 11.2. The fourth-order valence-electron chi connectivity index (χ4n) is 1.37. The van der Waals surface area contributed by atoms with E-state index in [9.17, 15) is 4.39 Å². The summed E-state index contributed by atoms with van der Waals surface area (Å²) in [5.41, 5.74) is 0.891. The summed E-state index contributed by atoms with van der Waals surface area (Å²) in [6.45, 7) is 3.81. The fourth-order valence-corrected chi connectivity index (χ4v) is 1.97. The number of halogens is 2. The Morgan fingerprint density at radius 2 is 2.19 bits per heavy atom. The second kappa shape index (κ2) is 7.15. The van der Waals surface area contributed by atoms with Crippen molar-refractivity contribution in [3.63, 3.8) is 0 Å². The molecule has 16 heavy (non-hydrogen) atoms. The van der Waals surface area contributed by atoms with E-state index >= 15 is 0 Å². The van der Waals surface area contributed by atoms with Gasteiger partial charge in [-0.15, -0.1) is 0 Å². The van der Waals surface area contributed by atoms with E-state index in [2.05, 4.69) is 18.5 Å². The van der Waals surface area contributed by atoms with Crippen molar-refractivity contribution in [1.82, 2.24) is 5.32 Å². The van der Waals surface area contributed by atoms with Crippen LogP contribution in [-0.4, -0.2) is 18.1 Å². The molecule has 0 aliphatic carbocycles. The van der Waals surface area contributed by atoms with Crippen LogP contribution in [0.1, 0.15) is 18.9 Å². The highest BCUT2D eigenvalue weighted by molar-refractivity contribution is 7.99. The van der Waals surface area contributed by atoms with Gasteiger partial charge in [-0.2, -0.15) is 11.8 Å². The maximum atomic E-state index is 13.0. The van der Waals surface area contributed by atoms with Crippen LogP contribution in [-0.2, 0) is 6.54 Å². The lowest BCUT2D eigenvalue weighted by atomic mass is 10.2. The minimum atomic E-state index is -0.276. The highest BCUT2D eigenvalue weighted by Crippen LogP contribution is 2.14. The summed E-state index contributed by atoms with van der Waals surface area (Å²) < 4.78 is 13.0. The van der Waals surface area contributed by atoms with E-state index < -0.39 is 0 Å². The lowest BCUT2D eigenvalue weighted by molar-refractivity contribution is 0.615. The van der Waals surface area contributed by atoms with Crippen molar-refractivity contribution >= 4 is 23.4 Å². The first-order valence-electron chi connectivity index (χ1n) is 5.30. The first-order valence-corrected chi connectivity index (χ1v) is 6.97. The van der Waals surface area contributed by atoms with Crippen LogP contribution in [0.5, 0.6) is 0 Å². The molecule has 0 heterocycles. The van der Waals surface area contributed by atoms with Gasteiger partial charge in [-0.1, -0.05) is 18.5 Å². The predicted octanol–water partition coefficient (Wildman–Crippen LogP) is 3.71. The van der Waals surface area contributed by atoms with Crippen LogP contribution < -0.4 is 5.32 Å². The topological polar surface area (TPSA) is 12.0 Å². The molecule has 0 amide bonds. The summed E-state index contributed by atoms with van der Waals surface area (Å²) in [7, 11) is 0. The molecule has 1 unspecified atom stereocenters. The third-order valence-electron chi connectivity index (χ3n) is 2.38. The number of thioether (sulfide) groups is 1. The van der Waals surface area contributed by atoms with E-state index in [0.717, 1.165) is 18.5 Å². The summed E-state index contributed by atoms with van der Waals surface area (Å²) in [6.07, 6.45) is 3.22. The van der Waals surface area contributed by atoms with Crippen LogP contribution in [0, 0.1) is 5.82 Å². The van der Waals surface area contributed by atoms with Gasteiger partial charge >= 0.3 is 0 Å². The van der Waals surface area contributed by atoms with Gasteiger partial charge in [0.2, 0.25) is 0 Å². The van der Waals surface area contributed by atoms with Crippen LogP contribution in [0.25, 0.3) is 0 Å². The average molecular weight is 262 g/mol. The minimum absolute atomic E-state index is 0.276. The van der Waals surface area contributed by atoms with Crippen LogP contribution in [0.2, 0.25) is 5.02 Å². The molecule has 0 aliphatic heterocycles. The van der Waals surface area contributed by atoms with Crippen LogP contribution in [0.4, 0.5) is 4.39 Å². The molecule has 90 valence electrons. The van der Waals surface area contributed by atoms with Crippen molar-refractivity contribution in [3.8, 4) is 0 Å². The zero-order chi connectivity index (χ0) is 12.0. The minimum Gasteiger partial charge on any atom is -0.313 e. The molecular formula is C12H17ClFNS. The molecule has 0 radical (unpaired) electrons. The Morgan fingerprint density at radius 1 is 1.44 bits per heavy atom. The number of rotatable bonds is 6. The van der Waals surface area contributed by atoms with Crippen molar-refractivity contribution < 1.29 is 4.39 Å². The van der Waals surface area contributed by atoms with E-state index in [0.29, 0.717) is 16.8 Å². The van der Waals surface area contributed by atoms with Crippen molar-refractivity contribution in [3.05, 3.63) is 34.6 Å². The Morgan fingerprint density at radius 3 is 2.81 bits per heavy atom. The molecule has 0 fully saturated rings. The SMILES string of the molecule is CSC(C)CCNCc1cc(F)cc(Cl)c1. The number of hydrogen-bond donors (Lipinski definition) is 1. The molecule has 1 N–H and O–H groups in total. The molecule has 4 heteroatoms. The highest BCUT2D eigenvalue weighted by atomic mass is 35.5. The van der Waals surface area contributed by atoms with Crippen LogP contribution >= 0.6 is 23.4 Å². The predicted molar refractivity (Wildman–Crippen MR) is 70.7 cm³/mol. The van der Waals surface area contributed by atoms with Crippen LogP contribution in [0.3, 0.4) is 0 Å². The lowest BCUT2D eigenvalue weighted by Crippen LogP contribution is -2.17. The molecule has 0 bridgehead atoms. The van der Waals surface area contributed by atoms with E-state index in [4.69, 9.17) is 11.6 Å². The van der Waals surface area contributed by atoms with Gasteiger partial charge in [0.05, 0.1) is 0 Å². The van der Waals surface area contributed by atoms with Gasteiger partial charge in [-0.05, 0) is 43.0 Å². The number of benzene rings is 1. The van der Waals surface area contributed by atoms with Crippen molar-refractivity contribution in [2.75, 3.05) is 12.8 Å². The molecule has 0 aliphatic rings. The van der Waals surface area contributed by atoms with Crippen molar-refractivity contribution in [2.45, 2.75) is 25.1 Å². The third kappa shape index (κ3) is 5.19. The van der Waals surface area contributed by atoms with Gasteiger partial charge < -0.3 is 5.32 Å². The van der Waals surface area contributed by atoms with E-state index in [1.54, 1.807) is 6.07 Å². The second-order valence-corrected chi connectivity index (χ2v) is 5.50. The smallest absolute Gasteiger partial charge is 0.125 e. The summed E-state index contributed by atoms with van der Waals surface area (Å²) >= 11 is 7.62. The van der Waals surface area contributed by atoms with Gasteiger partial charge in [0.25, 0.3) is 0 Å². The van der Waals surface area contributed by atoms with Crippen molar-refractivity contribution in [1.29, 1.82) is 0 Å². The molecule has 0 aromatic heterocycles. The Hall–Kier alpha value is -0.250. The van der Waals surface area contributed by atoms with Crippen molar-refractivity contribution in [2.24, 2.45) is 0 Å². The average Bonchev–Trinajstić information content (AvgIpc) is 2.22. The monoisotopic (exact) mass is 261 g/mol. The Kier molecular flexibility index (Phi) is 6.17. The van der Waals surface area contributed by atoms with Gasteiger partial charge in [0, 0.05) is 16.8 Å². The molecule has 0 saturated heterocycles. The Balaban J connectivity index is 2.32. The van der Waals surface area contributed by atoms with Crippen LogP contribution in [0.15, 0.2) is 18.2 Å². The second-order valence-electron chi connectivity index (χ2n) is 3.79. The molecule has 1 atom stereocenters. The first kappa shape index (κ1) is 13.8. The molecular weight excluding hydrogens is 245 g/mol. The Labute approximate surface area is 106 Å². The summed E-state index contributed by atoms with van der Waals surface area (Å²) in [5, 5.41) is 4.39. The van der Waals surface area contributed by atoms with Gasteiger partial charge in [-0.25, -0.2) is 4.39 Å². The highest BCUT2D eigenvalue weighted by Gasteiger charge is 2.01. The normalized spacial score (nSPS) is 12.8. The fraction of sp³-hybridized carbons (Fsp3) is 0.500. The molecule has 0 saturated carbocycles. The number of hydrogen-bond acceptors (Lipinski definition) is 2. The first-order chi connectivity index (χ1) is 7.61. The lowest BCUT2D eigenvalue weighted by Gasteiger charge is -2.09. The maximum Gasteiger partial charge on any atom is 0.125 e. The van der Waals surface area contributed by atoms with Gasteiger partial charge in [-0.3, -0.25) is 0 Å². The summed E-state index contributed by atoms with van der Waals surface area (Å²) in [5.74, 6) is -0.276. The quantitative estimate of drug-likeness (QED) is 0.784. The van der Waals surface area contributed by atoms with Gasteiger partial charge in [0.1, 0.15) is 5.82 Å². The standard InChI is InChI=1S/C12H17ClFNS/c1-9(16-2)3-4-15-8-10-5-11(13)7-12(14)6-10/h5-7,9,15H,3-4,8H2,1-2H3. The molecule has 1 aromatic rings. The number of nitrogens with one attached hydrogen (secondary N) is 1. The molecule has 1 aromatic carbocycles. The largest absolute Gasteiger partial charge is 0.313 e. The third-order valence-corrected chi connectivity index (χ3v) is 3.64. The van der Waals surface area contributed by atoms with E-state index in [-0.39, 0.29) is 5.82 Å². The molecule has 0 spiro atoms. The zero-order valence-electron chi connectivity index (χ0n) is 9.59. The van der Waals surface area contributed by atoms with Gasteiger partial charge in [0.15, 0.2) is 0 Å². The summed E-state index contributed by atoms with van der Waals surface area (Å²) in [4.78, 5) is 0. The van der Waals surface area contributed by atoms with E-state index in [1.165, 1.54) is 12.1 Å².